The van der Waals surface area contributed by atoms with Crippen molar-refractivity contribution in [2.24, 2.45) is 5.73 Å². The van der Waals surface area contributed by atoms with Crippen LogP contribution in [0.5, 0.6) is 0 Å². The summed E-state index contributed by atoms with van der Waals surface area (Å²) in [4.78, 5) is 17.8. The first-order chi connectivity index (χ1) is 9.20. The van der Waals surface area contributed by atoms with E-state index in [1.165, 1.54) is 0 Å². The van der Waals surface area contributed by atoms with Crippen LogP contribution in [-0.4, -0.2) is 22.8 Å². The highest BCUT2D eigenvalue weighted by molar-refractivity contribution is 5.93. The van der Waals surface area contributed by atoms with Gasteiger partial charge < -0.3 is 10.6 Å². The molecule has 2 N–H and O–H groups in total. The molecule has 98 valence electrons. The molecular weight excluding hydrogens is 238 g/mol. The molecule has 1 aromatic heterocycles. The van der Waals surface area contributed by atoms with Gasteiger partial charge in [0.1, 0.15) is 0 Å². The molecule has 0 saturated heterocycles. The Bertz CT molecular complexity index is 537. The van der Waals surface area contributed by atoms with Crippen LogP contribution < -0.4 is 5.73 Å². The Kier molecular flexibility index (Phi) is 4.26. The summed E-state index contributed by atoms with van der Waals surface area (Å²) in [6, 6.07) is 11.5. The molecule has 2 rings (SSSR count). The molecule has 0 unspecified atom stereocenters. The third-order valence-electron chi connectivity index (χ3n) is 2.93. The Morgan fingerprint density at radius 1 is 1.21 bits per heavy atom. The van der Waals surface area contributed by atoms with Crippen molar-refractivity contribution in [3.8, 4) is 0 Å². The van der Waals surface area contributed by atoms with E-state index in [-0.39, 0.29) is 5.91 Å². The average Bonchev–Trinajstić information content (AvgIpc) is 2.48. The van der Waals surface area contributed by atoms with E-state index in [2.05, 4.69) is 4.98 Å². The summed E-state index contributed by atoms with van der Waals surface area (Å²) in [5.74, 6) is -0.0315. The number of rotatable bonds is 4. The fraction of sp³-hybridized carbons (Fsp3) is 0.200. The van der Waals surface area contributed by atoms with Gasteiger partial charge in [-0.05, 0) is 23.3 Å². The number of benzene rings is 1. The molecule has 0 aliphatic rings. The molecule has 1 heterocycles. The van der Waals surface area contributed by atoms with E-state index in [1.807, 2.05) is 24.3 Å². The molecule has 4 nitrogen and oxygen atoms in total. The Morgan fingerprint density at radius 2 is 1.89 bits per heavy atom. The Morgan fingerprint density at radius 3 is 2.47 bits per heavy atom. The predicted octanol–water partition coefficient (Wildman–Crippen LogP) is 1.81. The second kappa shape index (κ2) is 6.11. The summed E-state index contributed by atoms with van der Waals surface area (Å²) in [6.07, 6.45) is 3.23. The van der Waals surface area contributed by atoms with Crippen LogP contribution in [0.4, 0.5) is 0 Å². The number of nitrogens with two attached hydrogens (primary N) is 1. The first-order valence-electron chi connectivity index (χ1n) is 6.14. The summed E-state index contributed by atoms with van der Waals surface area (Å²) < 4.78 is 0. The van der Waals surface area contributed by atoms with Crippen molar-refractivity contribution in [1.82, 2.24) is 9.88 Å². The summed E-state index contributed by atoms with van der Waals surface area (Å²) in [5.41, 5.74) is 8.32. The molecule has 2 aromatic rings. The normalized spacial score (nSPS) is 10.2. The van der Waals surface area contributed by atoms with Gasteiger partial charge in [0.25, 0.3) is 5.91 Å². The fourth-order valence-corrected chi connectivity index (χ4v) is 1.84. The molecule has 1 amide bonds. The predicted molar refractivity (Wildman–Crippen MR) is 74.4 cm³/mol. The smallest absolute Gasteiger partial charge is 0.255 e. The van der Waals surface area contributed by atoms with E-state index in [0.29, 0.717) is 18.7 Å². The third-order valence-corrected chi connectivity index (χ3v) is 2.93. The molecule has 1 aromatic carbocycles. The van der Waals surface area contributed by atoms with E-state index in [4.69, 9.17) is 5.73 Å². The number of hydrogen-bond acceptors (Lipinski definition) is 3. The topological polar surface area (TPSA) is 59.2 Å². The van der Waals surface area contributed by atoms with Gasteiger partial charge in [-0.3, -0.25) is 9.78 Å². The summed E-state index contributed by atoms with van der Waals surface area (Å²) >= 11 is 0. The van der Waals surface area contributed by atoms with Crippen LogP contribution >= 0.6 is 0 Å². The molecular formula is C15H17N3O. The number of amides is 1. The molecule has 0 fully saturated rings. The highest BCUT2D eigenvalue weighted by Crippen LogP contribution is 2.09. The number of pyridine rings is 1. The molecule has 0 saturated carbocycles. The molecule has 0 radical (unpaired) electrons. The van der Waals surface area contributed by atoms with Crippen molar-refractivity contribution in [3.05, 3.63) is 65.5 Å². The van der Waals surface area contributed by atoms with Gasteiger partial charge in [-0.15, -0.1) is 0 Å². The molecule has 0 bridgehead atoms. The minimum Gasteiger partial charge on any atom is -0.337 e. The number of carbonyl (C=O) groups excluding carboxylic acids is 1. The lowest BCUT2D eigenvalue weighted by molar-refractivity contribution is 0.0784. The van der Waals surface area contributed by atoms with Crippen LogP contribution in [0.15, 0.2) is 48.8 Å². The molecule has 0 atom stereocenters. The second-order valence-corrected chi connectivity index (χ2v) is 4.42. The van der Waals surface area contributed by atoms with E-state index in [9.17, 15) is 4.79 Å². The second-order valence-electron chi connectivity index (χ2n) is 4.42. The standard InChI is InChI=1S/C15H17N3O/c1-18(15(19)14-3-2-8-17-10-14)11-13-6-4-12(9-16)5-7-13/h2-8,10H,9,11,16H2,1H3. The lowest BCUT2D eigenvalue weighted by atomic mass is 10.1. The van der Waals surface area contributed by atoms with Crippen LogP contribution in [0.2, 0.25) is 0 Å². The van der Waals surface area contributed by atoms with Gasteiger partial charge in [-0.2, -0.15) is 0 Å². The average molecular weight is 255 g/mol. The number of aromatic nitrogens is 1. The van der Waals surface area contributed by atoms with Gasteiger partial charge in [-0.1, -0.05) is 24.3 Å². The van der Waals surface area contributed by atoms with Crippen molar-refractivity contribution in [3.63, 3.8) is 0 Å². The van der Waals surface area contributed by atoms with Gasteiger partial charge >= 0.3 is 0 Å². The minimum absolute atomic E-state index is 0.0315. The zero-order valence-corrected chi connectivity index (χ0v) is 10.9. The van der Waals surface area contributed by atoms with Crippen LogP contribution in [-0.2, 0) is 13.1 Å². The van der Waals surface area contributed by atoms with Crippen LogP contribution in [0.1, 0.15) is 21.5 Å². The number of carbonyl (C=O) groups is 1. The molecule has 0 spiro atoms. The lowest BCUT2D eigenvalue weighted by Gasteiger charge is -2.17. The maximum absolute atomic E-state index is 12.1. The van der Waals surface area contributed by atoms with Gasteiger partial charge in [0.15, 0.2) is 0 Å². The van der Waals surface area contributed by atoms with E-state index < -0.39 is 0 Å². The minimum atomic E-state index is -0.0315. The lowest BCUT2D eigenvalue weighted by Crippen LogP contribution is -2.26. The first-order valence-corrected chi connectivity index (χ1v) is 6.14. The van der Waals surface area contributed by atoms with Gasteiger partial charge in [0.05, 0.1) is 5.56 Å². The molecule has 4 heteroatoms. The maximum atomic E-state index is 12.1. The maximum Gasteiger partial charge on any atom is 0.255 e. The molecule has 19 heavy (non-hydrogen) atoms. The fourth-order valence-electron chi connectivity index (χ4n) is 1.84. The van der Waals surface area contributed by atoms with Gasteiger partial charge in [0.2, 0.25) is 0 Å². The monoisotopic (exact) mass is 255 g/mol. The summed E-state index contributed by atoms with van der Waals surface area (Å²) in [5, 5.41) is 0. The summed E-state index contributed by atoms with van der Waals surface area (Å²) in [7, 11) is 1.78. The molecule has 0 aliphatic carbocycles. The van der Waals surface area contributed by atoms with E-state index in [0.717, 1.165) is 11.1 Å². The van der Waals surface area contributed by atoms with Crippen molar-refractivity contribution in [2.45, 2.75) is 13.1 Å². The number of nitrogens with zero attached hydrogens (tertiary/aromatic N) is 2. The Balaban J connectivity index is 2.04. The van der Waals surface area contributed by atoms with Crippen molar-refractivity contribution < 1.29 is 4.79 Å². The van der Waals surface area contributed by atoms with Crippen molar-refractivity contribution >= 4 is 5.91 Å². The Labute approximate surface area is 112 Å². The third kappa shape index (κ3) is 3.39. The van der Waals surface area contributed by atoms with Crippen LogP contribution in [0.25, 0.3) is 0 Å². The Hall–Kier alpha value is -2.20. The van der Waals surface area contributed by atoms with E-state index in [1.54, 1.807) is 36.5 Å². The van der Waals surface area contributed by atoms with Crippen molar-refractivity contribution in [2.75, 3.05) is 7.05 Å². The summed E-state index contributed by atoms with van der Waals surface area (Å²) in [6.45, 7) is 1.10. The van der Waals surface area contributed by atoms with E-state index >= 15 is 0 Å². The first kappa shape index (κ1) is 13.2. The highest BCUT2D eigenvalue weighted by Gasteiger charge is 2.11. The molecule has 0 aliphatic heterocycles. The zero-order valence-electron chi connectivity index (χ0n) is 10.9. The largest absolute Gasteiger partial charge is 0.337 e. The SMILES string of the molecule is CN(Cc1ccc(CN)cc1)C(=O)c1cccnc1. The van der Waals surface area contributed by atoms with Crippen LogP contribution in [0.3, 0.4) is 0 Å². The highest BCUT2D eigenvalue weighted by atomic mass is 16.2. The van der Waals surface area contributed by atoms with Crippen LogP contribution in [0, 0.1) is 0 Å². The van der Waals surface area contributed by atoms with Gasteiger partial charge in [-0.25, -0.2) is 0 Å². The quantitative estimate of drug-likeness (QED) is 0.906. The zero-order chi connectivity index (χ0) is 13.7. The van der Waals surface area contributed by atoms with Crippen molar-refractivity contribution in [1.29, 1.82) is 0 Å². The number of hydrogen-bond donors (Lipinski definition) is 1. The van der Waals surface area contributed by atoms with Gasteiger partial charge in [0, 0.05) is 32.5 Å².